The molecule has 122 valence electrons. The van der Waals surface area contributed by atoms with Gasteiger partial charge >= 0.3 is 0 Å². The fraction of sp³-hybridized carbons (Fsp3) is 0.588. The fourth-order valence-corrected chi connectivity index (χ4v) is 2.68. The average molecular weight is 308 g/mol. The first-order chi connectivity index (χ1) is 10.4. The summed E-state index contributed by atoms with van der Waals surface area (Å²) in [5, 5.41) is 3.35. The molecule has 1 aromatic carbocycles. The smallest absolute Gasteiger partial charge is 0.172 e. The van der Waals surface area contributed by atoms with E-state index in [-0.39, 0.29) is 11.3 Å². The van der Waals surface area contributed by atoms with Gasteiger partial charge in [-0.2, -0.15) is 0 Å². The van der Waals surface area contributed by atoms with Gasteiger partial charge in [0.05, 0.1) is 11.3 Å². The lowest BCUT2D eigenvalue weighted by molar-refractivity contribution is -0.00624. The van der Waals surface area contributed by atoms with Crippen LogP contribution in [-0.2, 0) is 4.74 Å². The summed E-state index contributed by atoms with van der Waals surface area (Å²) in [5.41, 5.74) is 0.936. The van der Waals surface area contributed by atoms with Gasteiger partial charge in [0.15, 0.2) is 5.75 Å². The number of nitrogens with one attached hydrogen (secondary N) is 1. The fourth-order valence-electron chi connectivity index (χ4n) is 2.68. The summed E-state index contributed by atoms with van der Waals surface area (Å²) in [6.07, 6.45) is 1.94. The monoisotopic (exact) mass is 308 g/mol. The van der Waals surface area contributed by atoms with Gasteiger partial charge in [-0.15, -0.1) is 0 Å². The van der Waals surface area contributed by atoms with Crippen molar-refractivity contribution in [2.24, 2.45) is 4.99 Å². The third-order valence-electron chi connectivity index (χ3n) is 4.34. The van der Waals surface area contributed by atoms with Gasteiger partial charge in [0.2, 0.25) is 0 Å². The number of halogens is 1. The zero-order valence-corrected chi connectivity index (χ0v) is 13.8. The van der Waals surface area contributed by atoms with Gasteiger partial charge in [-0.3, -0.25) is 9.93 Å². The van der Waals surface area contributed by atoms with E-state index in [9.17, 15) is 4.53 Å². The molecule has 0 amide bonds. The summed E-state index contributed by atoms with van der Waals surface area (Å²) in [7, 11) is 1.66. The van der Waals surface area contributed by atoms with E-state index in [1.165, 1.54) is 0 Å². The molecule has 4 nitrogen and oxygen atoms in total. The Bertz CT molecular complexity index is 537. The van der Waals surface area contributed by atoms with Crippen molar-refractivity contribution in [3.05, 3.63) is 29.8 Å². The van der Waals surface area contributed by atoms with Gasteiger partial charge in [-0.25, -0.2) is 0 Å². The van der Waals surface area contributed by atoms with Crippen molar-refractivity contribution in [2.75, 3.05) is 20.2 Å². The molecular formula is C17H25FN2O2. The largest absolute Gasteiger partial charge is 0.373 e. The number of hydrogen-bond donors (Lipinski definition) is 1. The highest BCUT2D eigenvalue weighted by molar-refractivity contribution is 6.06. The van der Waals surface area contributed by atoms with Crippen LogP contribution in [0.3, 0.4) is 0 Å². The molecule has 0 bridgehead atoms. The van der Waals surface area contributed by atoms with Crippen LogP contribution >= 0.6 is 0 Å². The van der Waals surface area contributed by atoms with Crippen LogP contribution in [0.5, 0.6) is 5.75 Å². The molecule has 0 aromatic heterocycles. The summed E-state index contributed by atoms with van der Waals surface area (Å²) in [5.74, 6) is 0.174. The highest BCUT2D eigenvalue weighted by atomic mass is 19.3. The summed E-state index contributed by atoms with van der Waals surface area (Å²) < 4.78 is 18.1. The molecule has 22 heavy (non-hydrogen) atoms. The van der Waals surface area contributed by atoms with Crippen molar-refractivity contribution >= 4 is 5.71 Å². The van der Waals surface area contributed by atoms with Crippen LogP contribution in [0.2, 0.25) is 0 Å². The molecule has 1 aromatic rings. The zero-order valence-electron chi connectivity index (χ0n) is 13.8. The standard InChI is InChI=1S/C17H25FN2O2/c1-16(2,21-4)15(13-6-5-7-14(12-13)22-18)20-17(3)8-10-19-11-9-17/h5-7,12,19H,8-11H2,1-4H3. The molecule has 1 heterocycles. The Labute approximate surface area is 131 Å². The second-order valence-electron chi connectivity index (χ2n) is 6.53. The Kier molecular flexibility index (Phi) is 5.19. The van der Waals surface area contributed by atoms with Crippen LogP contribution in [0.1, 0.15) is 39.2 Å². The molecule has 0 atom stereocenters. The van der Waals surface area contributed by atoms with Crippen molar-refractivity contribution in [3.8, 4) is 5.75 Å². The molecule has 5 heteroatoms. The molecule has 1 aliphatic heterocycles. The summed E-state index contributed by atoms with van der Waals surface area (Å²) in [4.78, 5) is 8.89. The molecule has 1 saturated heterocycles. The first kappa shape index (κ1) is 16.9. The second-order valence-corrected chi connectivity index (χ2v) is 6.53. The van der Waals surface area contributed by atoms with E-state index in [0.717, 1.165) is 37.2 Å². The van der Waals surface area contributed by atoms with Crippen molar-refractivity contribution in [2.45, 2.75) is 44.8 Å². The number of aliphatic imine (C=N–C) groups is 1. The van der Waals surface area contributed by atoms with Crippen LogP contribution in [0, 0.1) is 0 Å². The predicted molar refractivity (Wildman–Crippen MR) is 86.3 cm³/mol. The Balaban J connectivity index is 2.46. The number of ether oxygens (including phenoxy) is 1. The molecule has 0 unspecified atom stereocenters. The third-order valence-corrected chi connectivity index (χ3v) is 4.34. The Morgan fingerprint density at radius 1 is 1.32 bits per heavy atom. The van der Waals surface area contributed by atoms with Crippen LogP contribution in [-0.4, -0.2) is 37.1 Å². The molecule has 0 spiro atoms. The topological polar surface area (TPSA) is 42.8 Å². The number of piperidine rings is 1. The van der Waals surface area contributed by atoms with Crippen LogP contribution in [0.15, 0.2) is 29.3 Å². The lowest BCUT2D eigenvalue weighted by Gasteiger charge is -2.34. The van der Waals surface area contributed by atoms with Crippen LogP contribution in [0.4, 0.5) is 4.53 Å². The predicted octanol–water partition coefficient (Wildman–Crippen LogP) is 3.31. The van der Waals surface area contributed by atoms with Gasteiger partial charge in [0.25, 0.3) is 0 Å². The van der Waals surface area contributed by atoms with Gasteiger partial charge in [-0.05, 0) is 58.8 Å². The number of rotatable bonds is 5. The number of benzene rings is 1. The average Bonchev–Trinajstić information content (AvgIpc) is 2.53. The molecule has 2 rings (SSSR count). The molecule has 0 aliphatic carbocycles. The second kappa shape index (κ2) is 6.75. The first-order valence-electron chi connectivity index (χ1n) is 7.65. The van der Waals surface area contributed by atoms with Crippen molar-refractivity contribution in [1.82, 2.24) is 5.32 Å². The summed E-state index contributed by atoms with van der Waals surface area (Å²) in [6.45, 7) is 8.01. The van der Waals surface area contributed by atoms with Gasteiger partial charge in [-0.1, -0.05) is 12.1 Å². The van der Waals surface area contributed by atoms with Crippen molar-refractivity contribution < 1.29 is 14.2 Å². The van der Waals surface area contributed by atoms with E-state index < -0.39 is 5.60 Å². The van der Waals surface area contributed by atoms with E-state index in [0.29, 0.717) is 0 Å². The normalized spacial score (nSPS) is 19.0. The maximum Gasteiger partial charge on any atom is 0.172 e. The van der Waals surface area contributed by atoms with Crippen molar-refractivity contribution in [3.63, 3.8) is 0 Å². The lowest BCUT2D eigenvalue weighted by atomic mass is 9.88. The molecule has 1 aliphatic rings. The van der Waals surface area contributed by atoms with Crippen LogP contribution in [0.25, 0.3) is 0 Å². The van der Waals surface area contributed by atoms with E-state index in [2.05, 4.69) is 17.2 Å². The summed E-state index contributed by atoms with van der Waals surface area (Å²) in [6, 6.07) is 6.90. The zero-order chi connectivity index (χ0) is 16.2. The van der Waals surface area contributed by atoms with E-state index in [4.69, 9.17) is 9.73 Å². The quantitative estimate of drug-likeness (QED) is 0.849. The highest BCUT2D eigenvalue weighted by Crippen LogP contribution is 2.28. The molecule has 1 N–H and O–H groups in total. The molecular weight excluding hydrogens is 283 g/mol. The number of nitrogens with zero attached hydrogens (tertiary/aromatic N) is 1. The molecule has 1 fully saturated rings. The van der Waals surface area contributed by atoms with Gasteiger partial charge in [0, 0.05) is 17.2 Å². The van der Waals surface area contributed by atoms with E-state index in [1.807, 2.05) is 19.9 Å². The van der Waals surface area contributed by atoms with E-state index >= 15 is 0 Å². The first-order valence-corrected chi connectivity index (χ1v) is 7.65. The Morgan fingerprint density at radius 2 is 2.00 bits per heavy atom. The minimum atomic E-state index is -0.567. The number of methoxy groups -OCH3 is 1. The van der Waals surface area contributed by atoms with Gasteiger partial charge < -0.3 is 10.1 Å². The van der Waals surface area contributed by atoms with E-state index in [1.54, 1.807) is 25.3 Å². The minimum absolute atomic E-state index is 0.136. The maximum absolute atomic E-state index is 12.5. The Morgan fingerprint density at radius 3 is 2.59 bits per heavy atom. The summed E-state index contributed by atoms with van der Waals surface area (Å²) >= 11 is 0. The van der Waals surface area contributed by atoms with Crippen LogP contribution < -0.4 is 10.3 Å². The molecule has 0 radical (unpaired) electrons. The number of hydrogen-bond acceptors (Lipinski definition) is 4. The SMILES string of the molecule is COC(C)(C)C(=NC1(C)CCNCC1)c1cccc(OF)c1. The Hall–Kier alpha value is -1.46. The molecule has 0 saturated carbocycles. The lowest BCUT2D eigenvalue weighted by Crippen LogP contribution is -2.42. The highest BCUT2D eigenvalue weighted by Gasteiger charge is 2.32. The maximum atomic E-state index is 12.5. The third kappa shape index (κ3) is 3.84. The van der Waals surface area contributed by atoms with Gasteiger partial charge in [0.1, 0.15) is 5.60 Å². The van der Waals surface area contributed by atoms with Crippen molar-refractivity contribution in [1.29, 1.82) is 0 Å². The minimum Gasteiger partial charge on any atom is -0.373 e.